The van der Waals surface area contributed by atoms with Crippen molar-refractivity contribution in [1.82, 2.24) is 50.0 Å². The Labute approximate surface area is 449 Å². The minimum Gasteiger partial charge on any atom is -0.464 e. The van der Waals surface area contributed by atoms with Crippen LogP contribution in [-0.4, -0.2) is 154 Å². The fourth-order valence-corrected chi connectivity index (χ4v) is 12.9. The summed E-state index contributed by atoms with van der Waals surface area (Å²) in [7, 11) is 3.53. The average molecular weight is 1060 g/mol. The number of carbonyl (C=O) groups is 3. The molecule has 11 rings (SSSR count). The number of nitrogens with zero attached hydrogens (tertiary/aromatic N) is 9. The number of cyclic esters (lactones) is 1. The number of amides is 2. The molecule has 0 spiro atoms. The number of esters is 1. The fourth-order valence-electron chi connectivity index (χ4n) is 12.0. The number of carbonyl (C=O) groups excluding carboxylic acids is 3. The number of rotatable bonds is 14. The van der Waals surface area contributed by atoms with Gasteiger partial charge in [0.1, 0.15) is 29.5 Å². The molecule has 4 aliphatic heterocycles. The number of nitrogens with one attached hydrogen (secondary N) is 2. The summed E-state index contributed by atoms with van der Waals surface area (Å²) in [5.74, 6) is -1.24. The molecule has 19 nitrogen and oxygen atoms in total. The van der Waals surface area contributed by atoms with Crippen LogP contribution in [-0.2, 0) is 58.1 Å². The lowest BCUT2D eigenvalue weighted by molar-refractivity contribution is -0.156. The zero-order chi connectivity index (χ0) is 52.8. The van der Waals surface area contributed by atoms with Gasteiger partial charge in [0.25, 0.3) is 5.91 Å². The van der Waals surface area contributed by atoms with Crippen molar-refractivity contribution in [2.75, 3.05) is 77.8 Å². The van der Waals surface area contributed by atoms with E-state index in [1.165, 1.54) is 29.2 Å². The van der Waals surface area contributed by atoms with Crippen molar-refractivity contribution in [3.8, 4) is 22.5 Å². The van der Waals surface area contributed by atoms with Gasteiger partial charge in [0.05, 0.1) is 60.3 Å². The Bertz CT molecular complexity index is 2900. The molecule has 2 aliphatic carbocycles. The molecule has 8 heterocycles. The maximum absolute atomic E-state index is 15.0. The molecule has 20 heteroatoms. The average Bonchev–Trinajstić information content (AvgIpc) is 4.25. The number of hydrazine groups is 1. The summed E-state index contributed by atoms with van der Waals surface area (Å²) < 4.78 is 35.3. The number of hydrogen-bond acceptors (Lipinski definition) is 16. The second-order valence-electron chi connectivity index (χ2n) is 22.5. The van der Waals surface area contributed by atoms with E-state index in [1.54, 1.807) is 25.2 Å². The van der Waals surface area contributed by atoms with Crippen LogP contribution in [0.5, 0.6) is 0 Å². The van der Waals surface area contributed by atoms with Crippen molar-refractivity contribution < 1.29 is 38.1 Å². The molecule has 5 aromatic rings. The normalized spacial score (nSPS) is 26.1. The molecule has 6 aliphatic rings. The molecule has 2 saturated carbocycles. The van der Waals surface area contributed by atoms with E-state index in [1.807, 2.05) is 25.4 Å². The number of ether oxygens (including phenoxy) is 5. The lowest BCUT2D eigenvalue weighted by atomic mass is 9.84. The number of fused-ring (bicyclic) bond motifs is 6. The number of piperazine rings is 1. The predicted molar refractivity (Wildman–Crippen MR) is 287 cm³/mol. The monoisotopic (exact) mass is 1060 g/mol. The first-order chi connectivity index (χ1) is 36.8. The number of aromatic nitrogens is 6. The maximum Gasteiger partial charge on any atom is 0.324 e. The van der Waals surface area contributed by atoms with Crippen molar-refractivity contribution in [1.29, 1.82) is 0 Å². The van der Waals surface area contributed by atoms with E-state index in [-0.39, 0.29) is 43.2 Å². The molecular weight excluding hydrogens is 987 g/mol. The molecule has 5 fully saturated rings. The minimum atomic E-state index is -1.18. The van der Waals surface area contributed by atoms with E-state index in [4.69, 9.17) is 33.7 Å². The quantitative estimate of drug-likeness (QED) is 0.116. The van der Waals surface area contributed by atoms with Gasteiger partial charge in [0, 0.05) is 118 Å². The first kappa shape index (κ1) is 52.7. The Balaban J connectivity index is 1.03. The predicted octanol–water partition coefficient (Wildman–Crippen LogP) is 6.38. The molecule has 6 bridgehead atoms. The molecule has 2 N–H and O–H groups in total. The molecule has 3 saturated heterocycles. The van der Waals surface area contributed by atoms with Crippen LogP contribution >= 0.6 is 11.3 Å². The van der Waals surface area contributed by atoms with Gasteiger partial charge >= 0.3 is 5.97 Å². The summed E-state index contributed by atoms with van der Waals surface area (Å²) in [6, 6.07) is 7.58. The van der Waals surface area contributed by atoms with Crippen molar-refractivity contribution in [3.63, 3.8) is 0 Å². The number of anilines is 1. The third kappa shape index (κ3) is 10.9. The Morgan fingerprint density at radius 1 is 1.03 bits per heavy atom. The standard InChI is InChI=1S/C56H75N11O8S/c1-8-73-50-48(60-52(68)46-33(2)45(46)51-58-32-63(6)62-51)54(69)67-17-9-10-42(61-67)55(70)75-31-56(4,5)28-41-39-26-35(43-30-76-53(50)59-43)11-14-44(39)66(22-25-74-38-15-23-72-24-16-38)49(41)40-27-37(29-57-47(40)34(3)71-7)65-20-18-64(19-21-65)36-12-13-36/h11,14,26-27,29-30,32-34,36,38,42,45-46,48,50,61H,8-10,12-13,15-25,28,31H2,1-7H3,(H,60,68)/t33-,34+,42+,45+,46+,48+,50+/m1/s1. The maximum atomic E-state index is 15.0. The molecule has 0 radical (unpaired) electrons. The smallest absolute Gasteiger partial charge is 0.324 e. The minimum absolute atomic E-state index is 0.0390. The van der Waals surface area contributed by atoms with E-state index >= 15 is 4.79 Å². The molecule has 408 valence electrons. The highest BCUT2D eigenvalue weighted by molar-refractivity contribution is 7.10. The van der Waals surface area contributed by atoms with Crippen LogP contribution in [0.15, 0.2) is 42.2 Å². The van der Waals surface area contributed by atoms with Crippen LogP contribution in [0, 0.1) is 17.3 Å². The van der Waals surface area contributed by atoms with Crippen molar-refractivity contribution in [3.05, 3.63) is 64.3 Å². The van der Waals surface area contributed by atoms with Gasteiger partial charge in [0.2, 0.25) is 5.91 Å². The number of thiazole rings is 1. The Morgan fingerprint density at radius 2 is 1.83 bits per heavy atom. The van der Waals surface area contributed by atoms with Crippen molar-refractivity contribution in [2.24, 2.45) is 24.3 Å². The SMILES string of the molecule is CCO[C@@H]1c2nc(cs2)-c2ccc3c(c2)c(c(-c2cc(N4CCN(C5CC5)CC4)cnc2[C@H](C)OC)n3CCOC2CCOCC2)CC(C)(C)COC(=O)[C@@H]2CCCN(N2)C(=O)[C@H]1NC(=O)[C@H]1[C@H](C)[C@@H]1c1ncn(C)n1. The van der Waals surface area contributed by atoms with E-state index in [2.05, 4.69) is 80.2 Å². The third-order valence-electron chi connectivity index (χ3n) is 16.5. The Kier molecular flexibility index (Phi) is 15.4. The number of pyridine rings is 1. The highest BCUT2D eigenvalue weighted by Crippen LogP contribution is 2.53. The zero-order valence-corrected chi connectivity index (χ0v) is 46.0. The molecule has 4 aromatic heterocycles. The van der Waals surface area contributed by atoms with E-state index in [0.717, 1.165) is 95.4 Å². The highest BCUT2D eigenvalue weighted by Gasteiger charge is 2.56. The lowest BCUT2D eigenvalue weighted by Crippen LogP contribution is -2.61. The van der Waals surface area contributed by atoms with Gasteiger partial charge in [-0.05, 0) is 88.5 Å². The van der Waals surface area contributed by atoms with Crippen LogP contribution in [0.1, 0.15) is 113 Å². The second-order valence-corrected chi connectivity index (χ2v) is 23.4. The number of methoxy groups -OCH3 is 1. The van der Waals surface area contributed by atoms with Gasteiger partial charge in [0.15, 0.2) is 5.82 Å². The third-order valence-corrected chi connectivity index (χ3v) is 17.4. The summed E-state index contributed by atoms with van der Waals surface area (Å²) in [5, 5.41) is 12.7. The fraction of sp³-hybridized carbons (Fsp3) is 0.625. The highest BCUT2D eigenvalue weighted by atomic mass is 32.1. The van der Waals surface area contributed by atoms with Gasteiger partial charge in [-0.25, -0.2) is 15.4 Å². The molecule has 76 heavy (non-hydrogen) atoms. The largest absolute Gasteiger partial charge is 0.464 e. The molecular formula is C56H75N11O8S. The van der Waals surface area contributed by atoms with Gasteiger partial charge in [-0.3, -0.25) is 34.0 Å². The van der Waals surface area contributed by atoms with Crippen LogP contribution < -0.4 is 15.6 Å². The van der Waals surface area contributed by atoms with E-state index in [0.29, 0.717) is 63.0 Å². The van der Waals surface area contributed by atoms with Gasteiger partial charge in [-0.15, -0.1) is 11.3 Å². The van der Waals surface area contributed by atoms with Crippen molar-refractivity contribution >= 4 is 45.7 Å². The number of hydrogen-bond donors (Lipinski definition) is 2. The van der Waals surface area contributed by atoms with E-state index < -0.39 is 41.4 Å². The summed E-state index contributed by atoms with van der Waals surface area (Å²) in [6.07, 6.45) is 8.35. The summed E-state index contributed by atoms with van der Waals surface area (Å²) in [6.45, 7) is 17.2. The summed E-state index contributed by atoms with van der Waals surface area (Å²) in [4.78, 5) is 63.8. The van der Waals surface area contributed by atoms with Crippen LogP contribution in [0.3, 0.4) is 0 Å². The van der Waals surface area contributed by atoms with Crippen LogP contribution in [0.25, 0.3) is 33.4 Å². The van der Waals surface area contributed by atoms with Crippen molar-refractivity contribution in [2.45, 2.75) is 128 Å². The van der Waals surface area contributed by atoms with Crippen LogP contribution in [0.4, 0.5) is 5.69 Å². The first-order valence-corrected chi connectivity index (χ1v) is 28.5. The van der Waals surface area contributed by atoms with Crippen LogP contribution in [0.2, 0.25) is 0 Å². The van der Waals surface area contributed by atoms with E-state index in [9.17, 15) is 9.59 Å². The zero-order valence-electron chi connectivity index (χ0n) is 45.2. The molecule has 7 atom stereocenters. The van der Waals surface area contributed by atoms with Gasteiger partial charge in [-0.2, -0.15) is 5.10 Å². The molecule has 2 amide bonds. The first-order valence-electron chi connectivity index (χ1n) is 27.6. The van der Waals surface area contributed by atoms with Gasteiger partial charge < -0.3 is 38.5 Å². The lowest BCUT2D eigenvalue weighted by Gasteiger charge is -2.37. The summed E-state index contributed by atoms with van der Waals surface area (Å²) in [5.41, 5.74) is 10.3. The number of benzene rings is 1. The number of aryl methyl sites for hydroxylation is 1. The molecule has 1 aromatic carbocycles. The summed E-state index contributed by atoms with van der Waals surface area (Å²) >= 11 is 1.39. The topological polar surface area (TPSA) is 193 Å². The Morgan fingerprint density at radius 3 is 2.57 bits per heavy atom. The molecule has 0 unspecified atom stereocenters. The second kappa shape index (κ2) is 22.2. The van der Waals surface area contributed by atoms with Gasteiger partial charge in [-0.1, -0.05) is 26.8 Å². The Hall–Kier alpha value is -5.35.